The van der Waals surface area contributed by atoms with Gasteiger partial charge in [-0.2, -0.15) is 0 Å². The summed E-state index contributed by atoms with van der Waals surface area (Å²) in [5.41, 5.74) is 2.51. The van der Waals surface area contributed by atoms with Crippen LogP contribution in [0.4, 0.5) is 5.82 Å². The molecule has 2 fully saturated rings. The molecule has 2 aliphatic rings. The molecule has 2 heterocycles. The van der Waals surface area contributed by atoms with Crippen LogP contribution >= 0.6 is 0 Å². The highest BCUT2D eigenvalue weighted by molar-refractivity contribution is 5.84. The first-order chi connectivity index (χ1) is 10.3. The van der Waals surface area contributed by atoms with Gasteiger partial charge in [-0.05, 0) is 49.4 Å². The van der Waals surface area contributed by atoms with E-state index in [-0.39, 0.29) is 0 Å². The summed E-state index contributed by atoms with van der Waals surface area (Å²) in [6.07, 6.45) is 4.14. The molecule has 1 aromatic carbocycles. The van der Waals surface area contributed by atoms with Crippen LogP contribution in [0.5, 0.6) is 0 Å². The summed E-state index contributed by atoms with van der Waals surface area (Å²) in [5.74, 6) is 2.09. The molecule has 1 saturated carbocycles. The van der Waals surface area contributed by atoms with Crippen molar-refractivity contribution in [2.75, 3.05) is 18.0 Å². The molecular weight excluding hydrogens is 258 g/mol. The van der Waals surface area contributed by atoms with Gasteiger partial charge in [0.25, 0.3) is 0 Å². The van der Waals surface area contributed by atoms with E-state index >= 15 is 0 Å². The minimum atomic E-state index is 0.732. The summed E-state index contributed by atoms with van der Waals surface area (Å²) in [4.78, 5) is 7.49. The van der Waals surface area contributed by atoms with Crippen LogP contribution in [0, 0.1) is 5.92 Å². The van der Waals surface area contributed by atoms with Crippen LogP contribution in [0.25, 0.3) is 10.9 Å². The van der Waals surface area contributed by atoms with Gasteiger partial charge in [0.1, 0.15) is 5.82 Å². The van der Waals surface area contributed by atoms with E-state index in [1.807, 2.05) is 0 Å². The predicted molar refractivity (Wildman–Crippen MR) is 87.6 cm³/mol. The monoisotopic (exact) mass is 281 g/mol. The first kappa shape index (κ1) is 13.1. The molecule has 4 rings (SSSR count). The van der Waals surface area contributed by atoms with E-state index in [1.54, 1.807) is 0 Å². The number of benzene rings is 1. The van der Waals surface area contributed by atoms with E-state index in [2.05, 4.69) is 47.5 Å². The smallest absolute Gasteiger partial charge is 0.129 e. The van der Waals surface area contributed by atoms with Crippen LogP contribution in [0.3, 0.4) is 0 Å². The van der Waals surface area contributed by atoms with E-state index in [1.165, 1.54) is 42.6 Å². The quantitative estimate of drug-likeness (QED) is 0.931. The normalized spacial score (nSPS) is 24.1. The molecular formula is C18H23N3. The van der Waals surface area contributed by atoms with Gasteiger partial charge in [-0.3, -0.25) is 0 Å². The fourth-order valence-corrected chi connectivity index (χ4v) is 3.99. The third-order valence-electron chi connectivity index (χ3n) is 5.06. The third-order valence-corrected chi connectivity index (χ3v) is 5.06. The Bertz CT molecular complexity index is 652. The van der Waals surface area contributed by atoms with Crippen LogP contribution in [0.1, 0.15) is 31.7 Å². The molecule has 1 N–H and O–H groups in total. The number of rotatable bonds is 4. The zero-order valence-corrected chi connectivity index (χ0v) is 12.7. The lowest BCUT2D eigenvalue weighted by molar-refractivity contribution is 0.550. The van der Waals surface area contributed by atoms with Crippen molar-refractivity contribution < 1.29 is 0 Å². The highest BCUT2D eigenvalue weighted by Gasteiger charge is 2.38. The van der Waals surface area contributed by atoms with Crippen LogP contribution in [-0.2, 0) is 6.54 Å². The Labute approximate surface area is 126 Å². The second-order valence-electron chi connectivity index (χ2n) is 6.42. The molecule has 110 valence electrons. The molecule has 0 radical (unpaired) electrons. The Balaban J connectivity index is 1.75. The van der Waals surface area contributed by atoms with Gasteiger partial charge in [-0.15, -0.1) is 0 Å². The number of nitrogens with one attached hydrogen (secondary N) is 1. The van der Waals surface area contributed by atoms with Crippen molar-refractivity contribution >= 4 is 16.7 Å². The van der Waals surface area contributed by atoms with Crippen molar-refractivity contribution in [1.82, 2.24) is 10.3 Å². The zero-order valence-electron chi connectivity index (χ0n) is 12.7. The number of nitrogens with zero attached hydrogens (tertiary/aromatic N) is 2. The maximum atomic E-state index is 4.94. The maximum absolute atomic E-state index is 4.94. The van der Waals surface area contributed by atoms with Crippen LogP contribution in [-0.4, -0.2) is 24.1 Å². The summed E-state index contributed by atoms with van der Waals surface area (Å²) in [6, 6.07) is 11.6. The lowest BCUT2D eigenvalue weighted by Gasteiger charge is -2.28. The van der Waals surface area contributed by atoms with Crippen molar-refractivity contribution in [3.05, 3.63) is 35.9 Å². The van der Waals surface area contributed by atoms with Gasteiger partial charge in [-0.25, -0.2) is 4.98 Å². The second-order valence-corrected chi connectivity index (χ2v) is 6.42. The number of aromatic nitrogens is 1. The first-order valence-corrected chi connectivity index (χ1v) is 8.21. The fraction of sp³-hybridized carbons (Fsp3) is 0.500. The Hall–Kier alpha value is -1.61. The molecule has 3 nitrogen and oxygen atoms in total. The molecule has 1 aliphatic carbocycles. The van der Waals surface area contributed by atoms with Gasteiger partial charge < -0.3 is 10.2 Å². The molecule has 1 aromatic heterocycles. The average Bonchev–Trinajstić information content (AvgIpc) is 3.15. The Morgan fingerprint density at radius 3 is 2.95 bits per heavy atom. The van der Waals surface area contributed by atoms with Crippen molar-refractivity contribution in [3.8, 4) is 0 Å². The molecule has 2 bridgehead atoms. The number of hydrogen-bond donors (Lipinski definition) is 1. The maximum Gasteiger partial charge on any atom is 0.129 e. The third kappa shape index (κ3) is 2.30. The predicted octanol–water partition coefficient (Wildman–Crippen LogP) is 3.33. The van der Waals surface area contributed by atoms with Gasteiger partial charge in [-0.1, -0.05) is 25.1 Å². The van der Waals surface area contributed by atoms with Gasteiger partial charge in [0.15, 0.2) is 0 Å². The summed E-state index contributed by atoms with van der Waals surface area (Å²) >= 11 is 0. The lowest BCUT2D eigenvalue weighted by atomic mass is 10.1. The number of pyridine rings is 1. The number of hydrogen-bond acceptors (Lipinski definition) is 3. The number of piperidine rings is 1. The fourth-order valence-electron chi connectivity index (χ4n) is 3.99. The van der Waals surface area contributed by atoms with Gasteiger partial charge in [0.2, 0.25) is 0 Å². The SMILES string of the molecule is CCNCc1cc(N2CC3CCC2C3)nc2ccccc12. The summed E-state index contributed by atoms with van der Waals surface area (Å²) in [6.45, 7) is 5.29. The minimum absolute atomic E-state index is 0.732. The number of fused-ring (bicyclic) bond motifs is 3. The summed E-state index contributed by atoms with van der Waals surface area (Å²) < 4.78 is 0. The Kier molecular flexibility index (Phi) is 3.30. The van der Waals surface area contributed by atoms with E-state index < -0.39 is 0 Å². The van der Waals surface area contributed by atoms with Crippen LogP contribution < -0.4 is 10.2 Å². The first-order valence-electron chi connectivity index (χ1n) is 8.21. The Morgan fingerprint density at radius 2 is 2.19 bits per heavy atom. The molecule has 0 spiro atoms. The van der Waals surface area contributed by atoms with E-state index in [4.69, 9.17) is 4.98 Å². The highest BCUT2D eigenvalue weighted by atomic mass is 15.2. The van der Waals surface area contributed by atoms with Gasteiger partial charge in [0.05, 0.1) is 5.52 Å². The molecule has 3 heteroatoms. The molecule has 1 aliphatic heterocycles. The standard InChI is InChI=1S/C18H23N3/c1-2-19-11-14-10-18(20-17-6-4-3-5-16(14)17)21-12-13-7-8-15(21)9-13/h3-6,10,13,15,19H,2,7-9,11-12H2,1H3. The summed E-state index contributed by atoms with van der Waals surface area (Å²) in [7, 11) is 0. The molecule has 1 saturated heterocycles. The van der Waals surface area contributed by atoms with Gasteiger partial charge >= 0.3 is 0 Å². The minimum Gasteiger partial charge on any atom is -0.353 e. The topological polar surface area (TPSA) is 28.2 Å². The van der Waals surface area contributed by atoms with E-state index in [0.717, 1.165) is 30.6 Å². The Morgan fingerprint density at radius 1 is 1.29 bits per heavy atom. The molecule has 21 heavy (non-hydrogen) atoms. The highest BCUT2D eigenvalue weighted by Crippen LogP contribution is 2.40. The van der Waals surface area contributed by atoms with Crippen molar-refractivity contribution in [2.45, 2.75) is 38.8 Å². The average molecular weight is 281 g/mol. The van der Waals surface area contributed by atoms with Crippen molar-refractivity contribution in [2.24, 2.45) is 5.92 Å². The number of anilines is 1. The zero-order chi connectivity index (χ0) is 14.2. The molecule has 2 aromatic rings. The summed E-state index contributed by atoms with van der Waals surface area (Å²) in [5, 5.41) is 4.75. The van der Waals surface area contributed by atoms with E-state index in [0.29, 0.717) is 0 Å². The molecule has 2 unspecified atom stereocenters. The second kappa shape index (κ2) is 5.30. The van der Waals surface area contributed by atoms with Crippen LogP contribution in [0.15, 0.2) is 30.3 Å². The van der Waals surface area contributed by atoms with Crippen molar-refractivity contribution in [3.63, 3.8) is 0 Å². The van der Waals surface area contributed by atoms with E-state index in [9.17, 15) is 0 Å². The number of para-hydroxylation sites is 1. The van der Waals surface area contributed by atoms with Crippen LogP contribution in [0.2, 0.25) is 0 Å². The molecule has 2 atom stereocenters. The largest absolute Gasteiger partial charge is 0.353 e. The lowest BCUT2D eigenvalue weighted by Crippen LogP contribution is -2.32. The molecule has 0 amide bonds. The van der Waals surface area contributed by atoms with Gasteiger partial charge in [0, 0.05) is 24.5 Å². The van der Waals surface area contributed by atoms with Crippen molar-refractivity contribution in [1.29, 1.82) is 0 Å².